The predicted octanol–water partition coefficient (Wildman–Crippen LogP) is 3.02. The van der Waals surface area contributed by atoms with Crippen molar-refractivity contribution < 1.29 is 9.59 Å². The van der Waals surface area contributed by atoms with Crippen LogP contribution < -0.4 is 16.2 Å². The van der Waals surface area contributed by atoms with Crippen molar-refractivity contribution in [1.29, 1.82) is 0 Å². The number of nitrogens with zero attached hydrogens (tertiary/aromatic N) is 2. The molecule has 0 aliphatic rings. The molecule has 7 nitrogen and oxygen atoms in total. The molecule has 3 rings (SSSR count). The van der Waals surface area contributed by atoms with Crippen LogP contribution in [0.3, 0.4) is 0 Å². The first-order valence-corrected chi connectivity index (χ1v) is 10.1. The Morgan fingerprint density at radius 2 is 1.83 bits per heavy atom. The van der Waals surface area contributed by atoms with Crippen LogP contribution in [0, 0.1) is 6.92 Å². The first kappa shape index (κ1) is 20.6. The molecule has 8 heteroatoms. The zero-order valence-electron chi connectivity index (χ0n) is 16.4. The molecule has 1 atom stereocenters. The van der Waals surface area contributed by atoms with Crippen LogP contribution in [-0.4, -0.2) is 33.3 Å². The molecular weight excluding hydrogens is 388 g/mol. The van der Waals surface area contributed by atoms with Gasteiger partial charge in [-0.1, -0.05) is 41.6 Å². The number of carbonyl (C=O) groups excluding carboxylic acids is 2. The summed E-state index contributed by atoms with van der Waals surface area (Å²) in [6.45, 7) is 5.82. The van der Waals surface area contributed by atoms with Gasteiger partial charge in [0.25, 0.3) is 5.56 Å². The average molecular weight is 410 g/mol. The van der Waals surface area contributed by atoms with Crippen molar-refractivity contribution in [2.45, 2.75) is 31.2 Å². The molecule has 0 spiro atoms. The van der Waals surface area contributed by atoms with Gasteiger partial charge < -0.3 is 5.32 Å². The molecule has 29 heavy (non-hydrogen) atoms. The van der Waals surface area contributed by atoms with Gasteiger partial charge in [0.1, 0.15) is 0 Å². The molecule has 0 aliphatic heterocycles. The number of fused-ring (bicyclic) bond motifs is 1. The zero-order chi connectivity index (χ0) is 21.0. The number of para-hydroxylation sites is 1. The molecule has 3 amide bonds. The number of carbonyl (C=O) groups is 2. The summed E-state index contributed by atoms with van der Waals surface area (Å²) in [5, 5.41) is 5.06. The van der Waals surface area contributed by atoms with E-state index in [0.717, 1.165) is 17.3 Å². The quantitative estimate of drug-likeness (QED) is 0.498. The fourth-order valence-corrected chi connectivity index (χ4v) is 3.67. The fourth-order valence-electron chi connectivity index (χ4n) is 2.74. The van der Waals surface area contributed by atoms with Crippen molar-refractivity contribution in [3.8, 4) is 5.69 Å². The standard InChI is InChI=1S/C21H22N4O3S/c1-4-22-20(28)24-18(26)14(3)29-21-23-17-8-6-5-7-16(17)19(27)25(21)15-11-9-13(2)10-12-15/h5-12,14H,4H2,1-3H3,(H2,22,24,26,28). The van der Waals surface area contributed by atoms with Crippen LogP contribution >= 0.6 is 11.8 Å². The summed E-state index contributed by atoms with van der Waals surface area (Å²) < 4.78 is 1.50. The normalized spacial score (nSPS) is 11.8. The van der Waals surface area contributed by atoms with Crippen LogP contribution in [0.2, 0.25) is 0 Å². The lowest BCUT2D eigenvalue weighted by Crippen LogP contribution is -2.42. The number of nitrogens with one attached hydrogen (secondary N) is 2. The third-order valence-electron chi connectivity index (χ3n) is 4.26. The molecule has 150 valence electrons. The third kappa shape index (κ3) is 4.65. The maximum Gasteiger partial charge on any atom is 0.321 e. The Bertz CT molecular complexity index is 1110. The van der Waals surface area contributed by atoms with E-state index in [1.165, 1.54) is 4.57 Å². The Hall–Kier alpha value is -3.13. The Labute approximate surface area is 172 Å². The lowest BCUT2D eigenvalue weighted by atomic mass is 10.2. The van der Waals surface area contributed by atoms with Gasteiger partial charge in [0.05, 0.1) is 21.8 Å². The molecule has 0 aliphatic carbocycles. The van der Waals surface area contributed by atoms with Crippen LogP contribution in [0.5, 0.6) is 0 Å². The third-order valence-corrected chi connectivity index (χ3v) is 5.31. The van der Waals surface area contributed by atoms with E-state index in [0.29, 0.717) is 28.3 Å². The highest BCUT2D eigenvalue weighted by molar-refractivity contribution is 8.00. The minimum atomic E-state index is -0.637. The lowest BCUT2D eigenvalue weighted by Gasteiger charge is -2.16. The number of hydrogen-bond donors (Lipinski definition) is 2. The van der Waals surface area contributed by atoms with Crippen LogP contribution in [0.25, 0.3) is 16.6 Å². The Kier molecular flexibility index (Phi) is 6.33. The molecule has 0 saturated heterocycles. The van der Waals surface area contributed by atoms with Gasteiger partial charge in [0.2, 0.25) is 5.91 Å². The van der Waals surface area contributed by atoms with Crippen LogP contribution in [0.1, 0.15) is 19.4 Å². The number of benzene rings is 2. The van der Waals surface area contributed by atoms with Gasteiger partial charge in [-0.05, 0) is 45.0 Å². The number of aryl methyl sites for hydroxylation is 1. The number of urea groups is 1. The second kappa shape index (κ2) is 8.91. The van der Waals surface area contributed by atoms with Gasteiger partial charge >= 0.3 is 6.03 Å². The Morgan fingerprint density at radius 1 is 1.14 bits per heavy atom. The van der Waals surface area contributed by atoms with Gasteiger partial charge in [-0.2, -0.15) is 0 Å². The number of hydrogen-bond acceptors (Lipinski definition) is 5. The lowest BCUT2D eigenvalue weighted by molar-refractivity contribution is -0.119. The second-order valence-electron chi connectivity index (χ2n) is 6.50. The fraction of sp³-hybridized carbons (Fsp3) is 0.238. The summed E-state index contributed by atoms with van der Waals surface area (Å²) >= 11 is 1.13. The van der Waals surface area contributed by atoms with Crippen LogP contribution in [-0.2, 0) is 4.79 Å². The van der Waals surface area contributed by atoms with Gasteiger partial charge in [-0.25, -0.2) is 9.78 Å². The molecule has 2 aromatic carbocycles. The molecule has 0 radical (unpaired) electrons. The van der Waals surface area contributed by atoms with E-state index in [1.807, 2.05) is 37.3 Å². The minimum absolute atomic E-state index is 0.210. The average Bonchev–Trinajstić information content (AvgIpc) is 2.69. The summed E-state index contributed by atoms with van der Waals surface area (Å²) in [4.78, 5) is 41.8. The number of amides is 3. The number of imide groups is 1. The highest BCUT2D eigenvalue weighted by atomic mass is 32.2. The largest absolute Gasteiger partial charge is 0.338 e. The van der Waals surface area contributed by atoms with Gasteiger partial charge in [-0.15, -0.1) is 0 Å². The molecule has 0 saturated carbocycles. The van der Waals surface area contributed by atoms with E-state index in [-0.39, 0.29) is 5.56 Å². The zero-order valence-corrected chi connectivity index (χ0v) is 17.2. The maximum absolute atomic E-state index is 13.2. The van der Waals surface area contributed by atoms with Crippen molar-refractivity contribution >= 4 is 34.6 Å². The predicted molar refractivity (Wildman–Crippen MR) is 115 cm³/mol. The first-order valence-electron chi connectivity index (χ1n) is 9.25. The molecule has 1 aromatic heterocycles. The van der Waals surface area contributed by atoms with E-state index in [1.54, 1.807) is 32.0 Å². The number of thioether (sulfide) groups is 1. The van der Waals surface area contributed by atoms with E-state index in [9.17, 15) is 14.4 Å². The van der Waals surface area contributed by atoms with Gasteiger partial charge in [0, 0.05) is 6.54 Å². The van der Waals surface area contributed by atoms with Crippen LogP contribution in [0.4, 0.5) is 4.79 Å². The molecule has 1 heterocycles. The highest BCUT2D eigenvalue weighted by Crippen LogP contribution is 2.25. The van der Waals surface area contributed by atoms with E-state index < -0.39 is 17.2 Å². The van der Waals surface area contributed by atoms with Crippen molar-refractivity contribution in [1.82, 2.24) is 20.2 Å². The Balaban J connectivity index is 2.03. The minimum Gasteiger partial charge on any atom is -0.338 e. The molecule has 2 N–H and O–H groups in total. The number of rotatable bonds is 5. The Morgan fingerprint density at radius 3 is 2.52 bits per heavy atom. The molecule has 3 aromatic rings. The summed E-state index contributed by atoms with van der Waals surface area (Å²) in [7, 11) is 0. The summed E-state index contributed by atoms with van der Waals surface area (Å²) in [5.74, 6) is -0.459. The monoisotopic (exact) mass is 410 g/mol. The maximum atomic E-state index is 13.2. The van der Waals surface area contributed by atoms with Crippen molar-refractivity contribution in [3.05, 3.63) is 64.4 Å². The van der Waals surface area contributed by atoms with Crippen molar-refractivity contribution in [2.24, 2.45) is 0 Å². The van der Waals surface area contributed by atoms with Gasteiger partial charge in [0.15, 0.2) is 5.16 Å². The molecule has 0 bridgehead atoms. The topological polar surface area (TPSA) is 93.1 Å². The van der Waals surface area contributed by atoms with Crippen molar-refractivity contribution in [2.75, 3.05) is 6.54 Å². The highest BCUT2D eigenvalue weighted by Gasteiger charge is 2.21. The van der Waals surface area contributed by atoms with Crippen molar-refractivity contribution in [3.63, 3.8) is 0 Å². The summed E-state index contributed by atoms with van der Waals surface area (Å²) in [6.07, 6.45) is 0. The summed E-state index contributed by atoms with van der Waals surface area (Å²) in [5.41, 5.74) is 2.08. The van der Waals surface area contributed by atoms with Gasteiger partial charge in [-0.3, -0.25) is 19.5 Å². The van der Waals surface area contributed by atoms with Crippen LogP contribution in [0.15, 0.2) is 58.5 Å². The molecule has 1 unspecified atom stereocenters. The first-order chi connectivity index (χ1) is 13.9. The molecular formula is C21H22N4O3S. The smallest absolute Gasteiger partial charge is 0.321 e. The molecule has 0 fully saturated rings. The second-order valence-corrected chi connectivity index (χ2v) is 7.80. The number of aromatic nitrogens is 2. The SMILES string of the molecule is CCNC(=O)NC(=O)C(C)Sc1nc2ccccc2c(=O)n1-c1ccc(C)cc1. The van der Waals surface area contributed by atoms with E-state index in [2.05, 4.69) is 15.6 Å². The van der Waals surface area contributed by atoms with E-state index >= 15 is 0 Å². The summed E-state index contributed by atoms with van der Waals surface area (Å²) in [6, 6.07) is 14.1. The van der Waals surface area contributed by atoms with E-state index in [4.69, 9.17) is 0 Å².